The van der Waals surface area contributed by atoms with Gasteiger partial charge < -0.3 is 14.8 Å². The van der Waals surface area contributed by atoms with E-state index in [1.165, 1.54) is 25.1 Å². The maximum absolute atomic E-state index is 4.29. The van der Waals surface area contributed by atoms with Crippen molar-refractivity contribution in [2.75, 3.05) is 20.1 Å². The summed E-state index contributed by atoms with van der Waals surface area (Å²) in [7, 11) is 2.23. The Hall–Kier alpha value is -0.870. The van der Waals surface area contributed by atoms with Crippen LogP contribution < -0.4 is 5.32 Å². The van der Waals surface area contributed by atoms with Gasteiger partial charge in [0.05, 0.1) is 12.0 Å². The SMILES string of the molecule is CC(C)CNCc1cncn1CC1CCCN1C. The summed E-state index contributed by atoms with van der Waals surface area (Å²) in [6.45, 7) is 8.77. The second-order valence-electron chi connectivity index (χ2n) is 5.84. The fourth-order valence-corrected chi connectivity index (χ4v) is 2.59. The molecule has 2 heterocycles. The number of hydrogen-bond donors (Lipinski definition) is 1. The molecule has 1 saturated heterocycles. The van der Waals surface area contributed by atoms with Crippen molar-refractivity contribution in [1.29, 1.82) is 0 Å². The molecule has 1 unspecified atom stereocenters. The number of nitrogens with one attached hydrogen (secondary N) is 1. The van der Waals surface area contributed by atoms with Gasteiger partial charge >= 0.3 is 0 Å². The summed E-state index contributed by atoms with van der Waals surface area (Å²) < 4.78 is 2.31. The highest BCUT2D eigenvalue weighted by molar-refractivity contribution is 4.99. The van der Waals surface area contributed by atoms with E-state index >= 15 is 0 Å². The molecule has 1 fully saturated rings. The molecule has 1 aromatic heterocycles. The molecule has 1 aromatic rings. The topological polar surface area (TPSA) is 33.1 Å². The number of imidazole rings is 1. The Bertz CT molecular complexity index is 358. The molecular weight excluding hydrogens is 224 g/mol. The van der Waals surface area contributed by atoms with Gasteiger partial charge in [0.2, 0.25) is 0 Å². The van der Waals surface area contributed by atoms with E-state index in [1.807, 2.05) is 12.5 Å². The first kappa shape index (κ1) is 13.6. The predicted molar refractivity (Wildman–Crippen MR) is 74.4 cm³/mol. The van der Waals surface area contributed by atoms with Gasteiger partial charge in [0, 0.05) is 25.3 Å². The lowest BCUT2D eigenvalue weighted by Crippen LogP contribution is -2.30. The molecule has 102 valence electrons. The van der Waals surface area contributed by atoms with E-state index in [2.05, 4.69) is 40.7 Å². The first-order chi connectivity index (χ1) is 8.66. The molecule has 0 radical (unpaired) electrons. The quantitative estimate of drug-likeness (QED) is 0.834. The fourth-order valence-electron chi connectivity index (χ4n) is 2.59. The van der Waals surface area contributed by atoms with E-state index in [0.29, 0.717) is 12.0 Å². The van der Waals surface area contributed by atoms with Crippen LogP contribution >= 0.6 is 0 Å². The van der Waals surface area contributed by atoms with Gasteiger partial charge in [0.25, 0.3) is 0 Å². The van der Waals surface area contributed by atoms with Gasteiger partial charge in [-0.15, -0.1) is 0 Å². The molecule has 0 amide bonds. The van der Waals surface area contributed by atoms with Crippen LogP contribution in [-0.2, 0) is 13.1 Å². The van der Waals surface area contributed by atoms with Gasteiger partial charge in [0.15, 0.2) is 0 Å². The molecule has 1 aliphatic rings. The van der Waals surface area contributed by atoms with Crippen molar-refractivity contribution in [3.8, 4) is 0 Å². The largest absolute Gasteiger partial charge is 0.332 e. The van der Waals surface area contributed by atoms with Crippen molar-refractivity contribution >= 4 is 0 Å². The molecule has 0 spiro atoms. The van der Waals surface area contributed by atoms with Gasteiger partial charge in [0.1, 0.15) is 0 Å². The van der Waals surface area contributed by atoms with E-state index in [1.54, 1.807) is 0 Å². The molecule has 1 N–H and O–H groups in total. The Kier molecular flexibility index (Phi) is 4.78. The average Bonchev–Trinajstić information content (AvgIpc) is 2.90. The van der Waals surface area contributed by atoms with Crippen molar-refractivity contribution in [2.45, 2.75) is 45.8 Å². The van der Waals surface area contributed by atoms with Crippen molar-refractivity contribution < 1.29 is 0 Å². The zero-order chi connectivity index (χ0) is 13.0. The number of likely N-dealkylation sites (N-methyl/N-ethyl adjacent to an activating group) is 1. The van der Waals surface area contributed by atoms with E-state index in [0.717, 1.165) is 19.6 Å². The summed E-state index contributed by atoms with van der Waals surface area (Å²) in [6.07, 6.45) is 6.60. The first-order valence-corrected chi connectivity index (χ1v) is 7.06. The number of aromatic nitrogens is 2. The Morgan fingerprint density at radius 1 is 1.50 bits per heavy atom. The molecule has 4 heteroatoms. The third-order valence-corrected chi connectivity index (χ3v) is 3.74. The summed E-state index contributed by atoms with van der Waals surface area (Å²) in [5, 5.41) is 3.49. The molecule has 0 saturated carbocycles. The number of hydrogen-bond acceptors (Lipinski definition) is 3. The molecule has 0 bridgehead atoms. The maximum Gasteiger partial charge on any atom is 0.0949 e. The standard InChI is InChI=1S/C14H26N4/c1-12(2)7-15-8-14-9-16-11-18(14)10-13-5-4-6-17(13)3/h9,11-13,15H,4-8,10H2,1-3H3. The molecule has 2 rings (SSSR count). The van der Waals surface area contributed by atoms with E-state index in [4.69, 9.17) is 0 Å². The highest BCUT2D eigenvalue weighted by atomic mass is 15.2. The van der Waals surface area contributed by atoms with Crippen LogP contribution in [0.25, 0.3) is 0 Å². The second kappa shape index (κ2) is 6.34. The van der Waals surface area contributed by atoms with E-state index in [9.17, 15) is 0 Å². The Morgan fingerprint density at radius 2 is 2.33 bits per heavy atom. The molecular formula is C14H26N4. The molecule has 18 heavy (non-hydrogen) atoms. The zero-order valence-electron chi connectivity index (χ0n) is 11.9. The second-order valence-corrected chi connectivity index (χ2v) is 5.84. The van der Waals surface area contributed by atoms with Gasteiger partial charge in [-0.1, -0.05) is 13.8 Å². The monoisotopic (exact) mass is 250 g/mol. The third-order valence-electron chi connectivity index (χ3n) is 3.74. The minimum absolute atomic E-state index is 0.683. The summed E-state index contributed by atoms with van der Waals surface area (Å²) in [6, 6.07) is 0.683. The number of nitrogens with zero attached hydrogens (tertiary/aromatic N) is 3. The highest BCUT2D eigenvalue weighted by Gasteiger charge is 2.21. The van der Waals surface area contributed by atoms with Crippen LogP contribution in [0, 0.1) is 5.92 Å². The van der Waals surface area contributed by atoms with E-state index < -0.39 is 0 Å². The van der Waals surface area contributed by atoms with Crippen molar-refractivity contribution in [3.05, 3.63) is 18.2 Å². The third kappa shape index (κ3) is 3.56. The molecule has 0 aromatic carbocycles. The van der Waals surface area contributed by atoms with Crippen molar-refractivity contribution in [1.82, 2.24) is 19.8 Å². The first-order valence-electron chi connectivity index (χ1n) is 7.06. The summed E-state index contributed by atoms with van der Waals surface area (Å²) >= 11 is 0. The van der Waals surface area contributed by atoms with Gasteiger partial charge in [-0.05, 0) is 38.9 Å². The zero-order valence-corrected chi connectivity index (χ0v) is 11.9. The highest BCUT2D eigenvalue weighted by Crippen LogP contribution is 2.17. The maximum atomic E-state index is 4.29. The van der Waals surface area contributed by atoms with Crippen molar-refractivity contribution in [3.63, 3.8) is 0 Å². The smallest absolute Gasteiger partial charge is 0.0949 e. The van der Waals surface area contributed by atoms with Crippen LogP contribution in [0.2, 0.25) is 0 Å². The van der Waals surface area contributed by atoms with Gasteiger partial charge in [-0.2, -0.15) is 0 Å². The van der Waals surface area contributed by atoms with Crippen molar-refractivity contribution in [2.24, 2.45) is 5.92 Å². The fraction of sp³-hybridized carbons (Fsp3) is 0.786. The minimum Gasteiger partial charge on any atom is -0.332 e. The lowest BCUT2D eigenvalue weighted by molar-refractivity contribution is 0.279. The Balaban J connectivity index is 1.87. The number of likely N-dealkylation sites (tertiary alicyclic amines) is 1. The van der Waals surface area contributed by atoms with Crippen LogP contribution in [0.5, 0.6) is 0 Å². The normalized spacial score (nSPS) is 21.0. The Labute approximate surface area is 110 Å². The van der Waals surface area contributed by atoms with Crippen LogP contribution in [0.3, 0.4) is 0 Å². The van der Waals surface area contributed by atoms with Gasteiger partial charge in [-0.25, -0.2) is 4.98 Å². The molecule has 0 aliphatic carbocycles. The predicted octanol–water partition coefficient (Wildman–Crippen LogP) is 1.72. The molecule has 4 nitrogen and oxygen atoms in total. The number of rotatable bonds is 6. The lowest BCUT2D eigenvalue weighted by Gasteiger charge is -2.21. The summed E-state index contributed by atoms with van der Waals surface area (Å²) in [4.78, 5) is 6.76. The van der Waals surface area contributed by atoms with Crippen LogP contribution in [0.4, 0.5) is 0 Å². The summed E-state index contributed by atoms with van der Waals surface area (Å²) in [5.74, 6) is 0.697. The van der Waals surface area contributed by atoms with Crippen LogP contribution in [-0.4, -0.2) is 40.6 Å². The van der Waals surface area contributed by atoms with Crippen LogP contribution in [0.1, 0.15) is 32.4 Å². The molecule has 1 atom stereocenters. The molecule has 1 aliphatic heterocycles. The van der Waals surface area contributed by atoms with Crippen LogP contribution in [0.15, 0.2) is 12.5 Å². The Morgan fingerprint density at radius 3 is 3.00 bits per heavy atom. The van der Waals surface area contributed by atoms with E-state index in [-0.39, 0.29) is 0 Å². The lowest BCUT2D eigenvalue weighted by atomic mass is 10.2. The average molecular weight is 250 g/mol. The van der Waals surface area contributed by atoms with Gasteiger partial charge in [-0.3, -0.25) is 0 Å². The minimum atomic E-state index is 0.683. The summed E-state index contributed by atoms with van der Waals surface area (Å²) in [5.41, 5.74) is 1.30.